The third kappa shape index (κ3) is 5.61. The molecule has 0 saturated heterocycles. The van der Waals surface area contributed by atoms with Gasteiger partial charge in [-0.3, -0.25) is 9.18 Å². The first-order valence-corrected chi connectivity index (χ1v) is 11.5. The van der Waals surface area contributed by atoms with Gasteiger partial charge in [-0.1, -0.05) is 0 Å². The molecule has 3 atom stereocenters. The van der Waals surface area contributed by atoms with E-state index in [-0.39, 0.29) is 30.1 Å². The molecule has 1 heterocycles. The molecule has 5 nitrogen and oxygen atoms in total. The lowest BCUT2D eigenvalue weighted by atomic mass is 9.90. The van der Waals surface area contributed by atoms with E-state index in [1.54, 1.807) is 37.4 Å². The standard InChI is InChI=1S/C26H28F3N3O2/c1-34-20-8-5-16(6-9-20)26(33)31-19-4-2-3-18(14-19)30-24-15-25(22(29)11-12-27)32-23-10-7-17(28)13-21(23)24/h5-10,13,15,18-19,22H,2-4,11-12,14H2,1H3,(H,30,32)(H,31,33)/t18-,19-,22?/m0/s1. The number of benzene rings is 2. The van der Waals surface area contributed by atoms with Crippen molar-refractivity contribution in [3.8, 4) is 5.75 Å². The largest absolute Gasteiger partial charge is 0.497 e. The zero-order chi connectivity index (χ0) is 24.1. The topological polar surface area (TPSA) is 63.2 Å². The maximum atomic E-state index is 14.5. The maximum absolute atomic E-state index is 14.5. The van der Waals surface area contributed by atoms with Crippen LogP contribution in [0.3, 0.4) is 0 Å². The van der Waals surface area contributed by atoms with Crippen molar-refractivity contribution in [2.24, 2.45) is 0 Å². The number of amides is 1. The summed E-state index contributed by atoms with van der Waals surface area (Å²) in [5.41, 5.74) is 1.69. The maximum Gasteiger partial charge on any atom is 0.251 e. The Morgan fingerprint density at radius 3 is 2.65 bits per heavy atom. The minimum Gasteiger partial charge on any atom is -0.497 e. The van der Waals surface area contributed by atoms with Crippen LogP contribution in [0.1, 0.15) is 54.3 Å². The summed E-state index contributed by atoms with van der Waals surface area (Å²) in [4.78, 5) is 17.0. The summed E-state index contributed by atoms with van der Waals surface area (Å²) in [5.74, 6) is 0.110. The van der Waals surface area contributed by atoms with Gasteiger partial charge in [0.2, 0.25) is 0 Å². The second kappa shape index (κ2) is 10.8. The van der Waals surface area contributed by atoms with E-state index in [0.29, 0.717) is 34.3 Å². The summed E-state index contributed by atoms with van der Waals surface area (Å²) in [7, 11) is 1.57. The molecule has 8 heteroatoms. The SMILES string of the molecule is COc1ccc(C(=O)N[C@H]2CCC[C@H](Nc3cc(C(F)CCF)nc4ccc(F)cc34)C2)cc1. The van der Waals surface area contributed by atoms with Gasteiger partial charge in [0.15, 0.2) is 0 Å². The van der Waals surface area contributed by atoms with Gasteiger partial charge >= 0.3 is 0 Å². The highest BCUT2D eigenvalue weighted by Crippen LogP contribution is 2.32. The van der Waals surface area contributed by atoms with E-state index in [1.165, 1.54) is 18.2 Å². The fourth-order valence-corrected chi connectivity index (χ4v) is 4.43. The fourth-order valence-electron chi connectivity index (χ4n) is 4.43. The molecule has 2 aromatic carbocycles. The van der Waals surface area contributed by atoms with Gasteiger partial charge in [0.1, 0.15) is 17.7 Å². The average Bonchev–Trinajstić information content (AvgIpc) is 2.84. The number of hydrogen-bond donors (Lipinski definition) is 2. The quantitative estimate of drug-likeness (QED) is 0.429. The number of ether oxygens (including phenoxy) is 1. The zero-order valence-electron chi connectivity index (χ0n) is 19.0. The van der Waals surface area contributed by atoms with Crippen molar-refractivity contribution < 1.29 is 22.7 Å². The molecule has 4 rings (SSSR count). The number of anilines is 1. The number of halogens is 3. The monoisotopic (exact) mass is 471 g/mol. The number of carbonyl (C=O) groups excluding carboxylic acids is 1. The van der Waals surface area contributed by atoms with Crippen molar-refractivity contribution in [1.29, 1.82) is 0 Å². The Bertz CT molecular complexity index is 1140. The highest BCUT2D eigenvalue weighted by Gasteiger charge is 2.25. The summed E-state index contributed by atoms with van der Waals surface area (Å²) < 4.78 is 46.2. The third-order valence-corrected chi connectivity index (χ3v) is 6.20. The molecule has 1 aromatic heterocycles. The van der Waals surface area contributed by atoms with Crippen LogP contribution in [0.2, 0.25) is 0 Å². The van der Waals surface area contributed by atoms with Gasteiger partial charge < -0.3 is 15.4 Å². The average molecular weight is 472 g/mol. The molecule has 1 aliphatic rings. The summed E-state index contributed by atoms with van der Waals surface area (Å²) in [6, 6.07) is 12.6. The number of hydrogen-bond acceptors (Lipinski definition) is 4. The van der Waals surface area contributed by atoms with Gasteiger partial charge in [0.05, 0.1) is 25.0 Å². The van der Waals surface area contributed by atoms with Crippen LogP contribution in [0, 0.1) is 5.82 Å². The van der Waals surface area contributed by atoms with Crippen molar-refractivity contribution >= 4 is 22.5 Å². The van der Waals surface area contributed by atoms with Crippen LogP contribution in [0.15, 0.2) is 48.5 Å². The van der Waals surface area contributed by atoms with Crippen LogP contribution in [-0.2, 0) is 0 Å². The van der Waals surface area contributed by atoms with Gasteiger partial charge in [-0.15, -0.1) is 0 Å². The number of aromatic nitrogens is 1. The van der Waals surface area contributed by atoms with Gasteiger partial charge in [-0.2, -0.15) is 0 Å². The lowest BCUT2D eigenvalue weighted by Crippen LogP contribution is -2.41. The Morgan fingerprint density at radius 2 is 1.91 bits per heavy atom. The van der Waals surface area contributed by atoms with Crippen molar-refractivity contribution in [3.05, 3.63) is 65.6 Å². The Labute approximate surface area is 196 Å². The molecular weight excluding hydrogens is 443 g/mol. The number of nitrogens with one attached hydrogen (secondary N) is 2. The summed E-state index contributed by atoms with van der Waals surface area (Å²) in [5, 5.41) is 7.04. The van der Waals surface area contributed by atoms with Crippen molar-refractivity contribution in [3.63, 3.8) is 0 Å². The van der Waals surface area contributed by atoms with Crippen LogP contribution >= 0.6 is 0 Å². The number of nitrogens with zero attached hydrogens (tertiary/aromatic N) is 1. The molecule has 0 radical (unpaired) electrons. The molecule has 2 N–H and O–H groups in total. The van der Waals surface area contributed by atoms with E-state index in [4.69, 9.17) is 4.74 Å². The molecule has 3 aromatic rings. The fraction of sp³-hybridized carbons (Fsp3) is 0.385. The van der Waals surface area contributed by atoms with E-state index in [2.05, 4.69) is 15.6 Å². The first-order chi connectivity index (χ1) is 16.5. The molecular formula is C26H28F3N3O2. The van der Waals surface area contributed by atoms with Gasteiger partial charge in [-0.25, -0.2) is 13.8 Å². The summed E-state index contributed by atoms with van der Waals surface area (Å²) >= 11 is 0. The molecule has 1 saturated carbocycles. The summed E-state index contributed by atoms with van der Waals surface area (Å²) in [6.45, 7) is -0.786. The second-order valence-electron chi connectivity index (χ2n) is 8.61. The molecule has 1 aliphatic carbocycles. The van der Waals surface area contributed by atoms with E-state index in [9.17, 15) is 18.0 Å². The normalized spacial score (nSPS) is 18.9. The molecule has 180 valence electrons. The molecule has 0 aliphatic heterocycles. The van der Waals surface area contributed by atoms with Gasteiger partial charge in [0.25, 0.3) is 5.91 Å². The van der Waals surface area contributed by atoms with Gasteiger partial charge in [-0.05, 0) is 74.2 Å². The number of fused-ring (bicyclic) bond motifs is 1. The Morgan fingerprint density at radius 1 is 1.15 bits per heavy atom. The predicted molar refractivity (Wildman–Crippen MR) is 126 cm³/mol. The van der Waals surface area contributed by atoms with Crippen LogP contribution in [0.25, 0.3) is 10.9 Å². The number of carbonyl (C=O) groups is 1. The molecule has 1 unspecified atom stereocenters. The number of methoxy groups -OCH3 is 1. The lowest BCUT2D eigenvalue weighted by Gasteiger charge is -2.31. The molecule has 1 fully saturated rings. The summed E-state index contributed by atoms with van der Waals surface area (Å²) in [6.07, 6.45) is 1.45. The number of alkyl halides is 2. The Hall–Kier alpha value is -3.29. The first kappa shape index (κ1) is 23.9. The molecule has 0 spiro atoms. The number of rotatable bonds is 8. The number of pyridine rings is 1. The first-order valence-electron chi connectivity index (χ1n) is 11.5. The van der Waals surface area contributed by atoms with Crippen molar-refractivity contribution in [2.45, 2.75) is 50.4 Å². The van der Waals surface area contributed by atoms with Crippen molar-refractivity contribution in [1.82, 2.24) is 10.3 Å². The van der Waals surface area contributed by atoms with Crippen LogP contribution < -0.4 is 15.4 Å². The lowest BCUT2D eigenvalue weighted by molar-refractivity contribution is 0.0926. The minimum atomic E-state index is -1.54. The van der Waals surface area contributed by atoms with E-state index in [0.717, 1.165) is 19.3 Å². The van der Waals surface area contributed by atoms with Crippen LogP contribution in [0.5, 0.6) is 5.75 Å². The van der Waals surface area contributed by atoms with Crippen LogP contribution in [-0.4, -0.2) is 36.8 Å². The smallest absolute Gasteiger partial charge is 0.251 e. The minimum absolute atomic E-state index is 0.00382. The predicted octanol–water partition coefficient (Wildman–Crippen LogP) is 5.91. The zero-order valence-corrected chi connectivity index (χ0v) is 19.0. The highest BCUT2D eigenvalue weighted by molar-refractivity contribution is 5.94. The molecule has 34 heavy (non-hydrogen) atoms. The van der Waals surface area contributed by atoms with E-state index in [1.807, 2.05) is 0 Å². The Balaban J connectivity index is 1.49. The Kier molecular flexibility index (Phi) is 7.55. The highest BCUT2D eigenvalue weighted by atomic mass is 19.1. The molecule has 0 bridgehead atoms. The second-order valence-corrected chi connectivity index (χ2v) is 8.61. The molecule has 1 amide bonds. The van der Waals surface area contributed by atoms with Crippen LogP contribution in [0.4, 0.5) is 18.9 Å². The van der Waals surface area contributed by atoms with Crippen molar-refractivity contribution in [2.75, 3.05) is 19.1 Å². The van der Waals surface area contributed by atoms with E-state index >= 15 is 0 Å². The van der Waals surface area contributed by atoms with Gasteiger partial charge in [0, 0.05) is 35.1 Å². The van der Waals surface area contributed by atoms with E-state index < -0.39 is 18.7 Å². The third-order valence-electron chi connectivity index (χ3n) is 6.20.